The van der Waals surface area contributed by atoms with Crippen molar-refractivity contribution in [1.29, 1.82) is 0 Å². The predicted octanol–water partition coefficient (Wildman–Crippen LogP) is 0.820. The summed E-state index contributed by atoms with van der Waals surface area (Å²) in [6.07, 6.45) is -4.33. The van der Waals surface area contributed by atoms with Gasteiger partial charge in [0.05, 0.1) is 0 Å². The number of nitrogens with zero attached hydrogens (tertiary/aromatic N) is 1. The van der Waals surface area contributed by atoms with Crippen LogP contribution in [0.4, 0.5) is 18.0 Å². The Kier molecular flexibility index (Phi) is 3.16. The van der Waals surface area contributed by atoms with Gasteiger partial charge in [-0.3, -0.25) is 0 Å². The molecule has 0 saturated heterocycles. The van der Waals surface area contributed by atoms with E-state index in [4.69, 9.17) is 0 Å². The van der Waals surface area contributed by atoms with Gasteiger partial charge in [-0.2, -0.15) is 13.2 Å². The first-order valence-electron chi connectivity index (χ1n) is 2.86. The first-order chi connectivity index (χ1) is 4.87. The zero-order valence-electron chi connectivity index (χ0n) is 6.20. The molecule has 66 valence electrons. The van der Waals surface area contributed by atoms with Crippen molar-refractivity contribution in [2.24, 2.45) is 0 Å². The standard InChI is InChI=1S/C5H9F3N2O/c1-9-4(11)10(2)3-5(6,7)8/h3H2,1-2H3,(H,9,11). The molecule has 0 unspecified atom stereocenters. The highest BCUT2D eigenvalue weighted by molar-refractivity contribution is 5.73. The molecule has 0 spiro atoms. The molecule has 0 radical (unpaired) electrons. The van der Waals surface area contributed by atoms with Gasteiger partial charge in [-0.1, -0.05) is 0 Å². The molecule has 0 rings (SSSR count). The number of hydrogen-bond acceptors (Lipinski definition) is 1. The second-order valence-corrected chi connectivity index (χ2v) is 2.03. The maximum atomic E-state index is 11.6. The monoisotopic (exact) mass is 170 g/mol. The topological polar surface area (TPSA) is 32.3 Å². The number of carbonyl (C=O) groups is 1. The van der Waals surface area contributed by atoms with E-state index in [2.05, 4.69) is 5.32 Å². The molecule has 0 aromatic heterocycles. The molecule has 0 heterocycles. The second-order valence-electron chi connectivity index (χ2n) is 2.03. The SMILES string of the molecule is CNC(=O)N(C)CC(F)(F)F. The molecule has 0 aromatic rings. The van der Waals surface area contributed by atoms with E-state index in [9.17, 15) is 18.0 Å². The van der Waals surface area contributed by atoms with E-state index in [0.717, 1.165) is 7.05 Å². The summed E-state index contributed by atoms with van der Waals surface area (Å²) in [6, 6.07) is -0.748. The Labute approximate surface area is 62.2 Å². The van der Waals surface area contributed by atoms with Crippen molar-refractivity contribution in [3.05, 3.63) is 0 Å². The average Bonchev–Trinajstić information content (AvgIpc) is 1.82. The molecular weight excluding hydrogens is 161 g/mol. The summed E-state index contributed by atoms with van der Waals surface area (Å²) in [5, 5.41) is 2.07. The summed E-state index contributed by atoms with van der Waals surface area (Å²) in [4.78, 5) is 11.1. The van der Waals surface area contributed by atoms with Crippen LogP contribution in [0.2, 0.25) is 0 Å². The van der Waals surface area contributed by atoms with E-state index in [1.54, 1.807) is 0 Å². The van der Waals surface area contributed by atoms with Crippen LogP contribution in [0.1, 0.15) is 0 Å². The van der Waals surface area contributed by atoms with Gasteiger partial charge in [0.25, 0.3) is 0 Å². The van der Waals surface area contributed by atoms with Gasteiger partial charge >= 0.3 is 12.2 Å². The van der Waals surface area contributed by atoms with Crippen LogP contribution in [0.5, 0.6) is 0 Å². The number of rotatable bonds is 1. The van der Waals surface area contributed by atoms with E-state index < -0.39 is 18.8 Å². The van der Waals surface area contributed by atoms with Crippen molar-refractivity contribution in [1.82, 2.24) is 10.2 Å². The smallest absolute Gasteiger partial charge is 0.341 e. The molecular formula is C5H9F3N2O. The van der Waals surface area contributed by atoms with E-state index in [-0.39, 0.29) is 0 Å². The molecule has 2 amide bonds. The third-order valence-corrected chi connectivity index (χ3v) is 0.977. The Morgan fingerprint density at radius 1 is 1.55 bits per heavy atom. The summed E-state index contributed by atoms with van der Waals surface area (Å²) in [7, 11) is 2.35. The first-order valence-corrected chi connectivity index (χ1v) is 2.86. The van der Waals surface area contributed by atoms with Crippen LogP contribution >= 0.6 is 0 Å². The lowest BCUT2D eigenvalue weighted by Gasteiger charge is -2.17. The van der Waals surface area contributed by atoms with Crippen LogP contribution in [0.25, 0.3) is 0 Å². The van der Waals surface area contributed by atoms with Crippen molar-refractivity contribution in [2.75, 3.05) is 20.6 Å². The summed E-state index contributed by atoms with van der Waals surface area (Å²) in [5.41, 5.74) is 0. The molecule has 0 aliphatic carbocycles. The van der Waals surface area contributed by atoms with Gasteiger partial charge in [-0.05, 0) is 0 Å². The maximum Gasteiger partial charge on any atom is 0.406 e. The van der Waals surface area contributed by atoms with Crippen LogP contribution < -0.4 is 5.32 Å². The second kappa shape index (κ2) is 3.45. The molecule has 11 heavy (non-hydrogen) atoms. The van der Waals surface area contributed by atoms with Crippen LogP contribution in [0, 0.1) is 0 Å². The molecule has 0 bridgehead atoms. The largest absolute Gasteiger partial charge is 0.406 e. The highest BCUT2D eigenvalue weighted by atomic mass is 19.4. The number of hydrogen-bond donors (Lipinski definition) is 1. The van der Waals surface area contributed by atoms with Gasteiger partial charge in [0.15, 0.2) is 0 Å². The fourth-order valence-corrected chi connectivity index (χ4v) is 0.532. The van der Waals surface area contributed by atoms with Gasteiger partial charge in [0.2, 0.25) is 0 Å². The van der Waals surface area contributed by atoms with Crippen LogP contribution in [-0.4, -0.2) is 37.7 Å². The minimum absolute atomic E-state index is 0.556. The van der Waals surface area contributed by atoms with E-state index >= 15 is 0 Å². The number of nitrogens with one attached hydrogen (secondary N) is 1. The fourth-order valence-electron chi connectivity index (χ4n) is 0.532. The van der Waals surface area contributed by atoms with Gasteiger partial charge in [-0.15, -0.1) is 0 Å². The third kappa shape index (κ3) is 4.46. The number of amides is 2. The molecule has 0 aromatic carbocycles. The van der Waals surface area contributed by atoms with Gasteiger partial charge in [0.1, 0.15) is 6.54 Å². The molecule has 6 heteroatoms. The first kappa shape index (κ1) is 10.1. The lowest BCUT2D eigenvalue weighted by atomic mass is 10.5. The molecule has 0 saturated carbocycles. The van der Waals surface area contributed by atoms with Crippen LogP contribution in [0.15, 0.2) is 0 Å². The lowest BCUT2D eigenvalue weighted by Crippen LogP contribution is -2.40. The minimum Gasteiger partial charge on any atom is -0.341 e. The maximum absolute atomic E-state index is 11.6. The Bertz CT molecular complexity index is 145. The molecule has 0 fully saturated rings. The van der Waals surface area contributed by atoms with Crippen molar-refractivity contribution < 1.29 is 18.0 Å². The molecule has 0 atom stereocenters. The highest BCUT2D eigenvalue weighted by Gasteiger charge is 2.30. The Hall–Kier alpha value is -0.940. The molecule has 0 aliphatic rings. The Morgan fingerprint density at radius 2 is 2.00 bits per heavy atom. The fraction of sp³-hybridized carbons (Fsp3) is 0.800. The third-order valence-electron chi connectivity index (χ3n) is 0.977. The van der Waals surface area contributed by atoms with Crippen molar-refractivity contribution in [3.8, 4) is 0 Å². The van der Waals surface area contributed by atoms with E-state index in [1.807, 2.05) is 0 Å². The van der Waals surface area contributed by atoms with Crippen LogP contribution in [0.3, 0.4) is 0 Å². The van der Waals surface area contributed by atoms with E-state index in [1.165, 1.54) is 7.05 Å². The number of urea groups is 1. The molecule has 1 N–H and O–H groups in total. The highest BCUT2D eigenvalue weighted by Crippen LogP contribution is 2.15. The van der Waals surface area contributed by atoms with Gasteiger partial charge in [-0.25, -0.2) is 4.79 Å². The zero-order chi connectivity index (χ0) is 9.07. The van der Waals surface area contributed by atoms with Gasteiger partial charge < -0.3 is 10.2 Å². The number of alkyl halides is 3. The van der Waals surface area contributed by atoms with Crippen molar-refractivity contribution in [2.45, 2.75) is 6.18 Å². The predicted molar refractivity (Wildman–Crippen MR) is 33.1 cm³/mol. The van der Waals surface area contributed by atoms with Crippen LogP contribution in [-0.2, 0) is 0 Å². The van der Waals surface area contributed by atoms with Crippen molar-refractivity contribution in [3.63, 3.8) is 0 Å². The zero-order valence-corrected chi connectivity index (χ0v) is 6.20. The average molecular weight is 170 g/mol. The summed E-state index contributed by atoms with van der Waals surface area (Å²) in [5.74, 6) is 0. The molecule has 0 aliphatic heterocycles. The Balaban J connectivity index is 3.87. The summed E-state index contributed by atoms with van der Waals surface area (Å²) >= 11 is 0. The van der Waals surface area contributed by atoms with Gasteiger partial charge in [0, 0.05) is 14.1 Å². The van der Waals surface area contributed by atoms with E-state index in [0.29, 0.717) is 4.90 Å². The normalized spacial score (nSPS) is 11.0. The summed E-state index contributed by atoms with van der Waals surface area (Å²) in [6.45, 7) is -1.23. The number of carbonyl (C=O) groups excluding carboxylic acids is 1. The lowest BCUT2D eigenvalue weighted by molar-refractivity contribution is -0.137. The minimum atomic E-state index is -4.33. The quantitative estimate of drug-likeness (QED) is 0.620. The molecule has 3 nitrogen and oxygen atoms in total. The number of halogens is 3. The summed E-state index contributed by atoms with van der Waals surface area (Å²) < 4.78 is 34.7. The Morgan fingerprint density at radius 3 is 2.27 bits per heavy atom. The van der Waals surface area contributed by atoms with Crippen molar-refractivity contribution >= 4 is 6.03 Å².